The van der Waals surface area contributed by atoms with Gasteiger partial charge in [0, 0.05) is 6.42 Å². The van der Waals surface area contributed by atoms with Crippen LogP contribution >= 0.6 is 0 Å². The lowest BCUT2D eigenvalue weighted by Gasteiger charge is -2.09. The molecule has 2 heteroatoms. The van der Waals surface area contributed by atoms with Gasteiger partial charge in [0.05, 0.1) is 0 Å². The molecule has 0 aromatic heterocycles. The first kappa shape index (κ1) is 12.7. The van der Waals surface area contributed by atoms with Crippen LogP contribution in [0.5, 0.6) is 0 Å². The standard InChI is InChI=1S/C12H18O2/c1-9(5-7-11(3)13)10(2)6-8-12(4)14/h5,7,10,13H,1,3,6,8H2,2,4H3/b7-5-. The summed E-state index contributed by atoms with van der Waals surface area (Å²) in [4.78, 5) is 10.7. The Kier molecular flexibility index (Phi) is 5.61. The lowest BCUT2D eigenvalue weighted by atomic mass is 9.96. The van der Waals surface area contributed by atoms with Gasteiger partial charge in [-0.05, 0) is 25.3 Å². The van der Waals surface area contributed by atoms with Crippen LogP contribution in [0.2, 0.25) is 0 Å². The van der Waals surface area contributed by atoms with E-state index in [-0.39, 0.29) is 17.5 Å². The van der Waals surface area contributed by atoms with Crippen LogP contribution in [0.3, 0.4) is 0 Å². The van der Waals surface area contributed by atoms with Gasteiger partial charge in [-0.1, -0.05) is 31.7 Å². The second-order valence-electron chi connectivity index (χ2n) is 3.54. The first-order valence-electron chi connectivity index (χ1n) is 4.67. The van der Waals surface area contributed by atoms with Gasteiger partial charge in [0.2, 0.25) is 0 Å². The van der Waals surface area contributed by atoms with Gasteiger partial charge in [-0.25, -0.2) is 0 Å². The molecule has 0 radical (unpaired) electrons. The van der Waals surface area contributed by atoms with Crippen LogP contribution in [-0.2, 0) is 4.79 Å². The highest BCUT2D eigenvalue weighted by Crippen LogP contribution is 2.16. The third-order valence-corrected chi connectivity index (χ3v) is 2.05. The molecule has 14 heavy (non-hydrogen) atoms. The maximum atomic E-state index is 10.7. The summed E-state index contributed by atoms with van der Waals surface area (Å²) >= 11 is 0. The summed E-state index contributed by atoms with van der Waals surface area (Å²) in [7, 11) is 0. The largest absolute Gasteiger partial charge is 0.509 e. The number of Topliss-reactive ketones (excluding diaryl/α,β-unsaturated/α-hetero) is 1. The predicted octanol–water partition coefficient (Wildman–Crippen LogP) is 3.18. The molecule has 0 amide bonds. The molecule has 1 atom stereocenters. The Morgan fingerprint density at radius 1 is 1.43 bits per heavy atom. The molecule has 0 saturated heterocycles. The van der Waals surface area contributed by atoms with Crippen molar-refractivity contribution in [1.82, 2.24) is 0 Å². The summed E-state index contributed by atoms with van der Waals surface area (Å²) in [5.41, 5.74) is 0.904. The molecule has 0 saturated carbocycles. The molecule has 0 aromatic carbocycles. The maximum Gasteiger partial charge on any atom is 0.129 e. The number of ketones is 1. The average Bonchev–Trinajstić information content (AvgIpc) is 2.09. The van der Waals surface area contributed by atoms with Crippen LogP contribution < -0.4 is 0 Å². The number of carbonyl (C=O) groups is 1. The summed E-state index contributed by atoms with van der Waals surface area (Å²) in [6.45, 7) is 10.8. The number of aliphatic hydroxyl groups is 1. The van der Waals surface area contributed by atoms with E-state index < -0.39 is 0 Å². The van der Waals surface area contributed by atoms with Crippen LogP contribution in [0.25, 0.3) is 0 Å². The average molecular weight is 194 g/mol. The van der Waals surface area contributed by atoms with E-state index in [0.717, 1.165) is 12.0 Å². The Hall–Kier alpha value is -1.31. The molecule has 0 aliphatic carbocycles. The first-order chi connectivity index (χ1) is 6.43. The molecular formula is C12H18O2. The number of aliphatic hydroxyl groups excluding tert-OH is 1. The SMILES string of the molecule is C=C(O)/C=C\C(=C)C(C)CCC(C)=O. The van der Waals surface area contributed by atoms with E-state index in [1.54, 1.807) is 13.0 Å². The number of rotatable bonds is 6. The zero-order valence-corrected chi connectivity index (χ0v) is 8.92. The van der Waals surface area contributed by atoms with Crippen LogP contribution in [0.4, 0.5) is 0 Å². The lowest BCUT2D eigenvalue weighted by molar-refractivity contribution is -0.117. The quantitative estimate of drug-likeness (QED) is 0.521. The van der Waals surface area contributed by atoms with E-state index in [1.165, 1.54) is 6.08 Å². The maximum absolute atomic E-state index is 10.7. The summed E-state index contributed by atoms with van der Waals surface area (Å²) in [6.07, 6.45) is 4.62. The topological polar surface area (TPSA) is 37.3 Å². The molecule has 0 aliphatic heterocycles. The van der Waals surface area contributed by atoms with Gasteiger partial charge in [-0.2, -0.15) is 0 Å². The molecule has 0 bridgehead atoms. The fourth-order valence-corrected chi connectivity index (χ4v) is 0.973. The summed E-state index contributed by atoms with van der Waals surface area (Å²) in [5.74, 6) is 0.472. The zero-order chi connectivity index (χ0) is 11.1. The number of hydrogen-bond donors (Lipinski definition) is 1. The molecule has 0 aromatic rings. The zero-order valence-electron chi connectivity index (χ0n) is 8.92. The second-order valence-corrected chi connectivity index (χ2v) is 3.54. The number of hydrogen-bond acceptors (Lipinski definition) is 2. The normalized spacial score (nSPS) is 12.7. The van der Waals surface area contributed by atoms with E-state index >= 15 is 0 Å². The minimum Gasteiger partial charge on any atom is -0.509 e. The van der Waals surface area contributed by atoms with Crippen molar-refractivity contribution in [2.75, 3.05) is 0 Å². The highest BCUT2D eigenvalue weighted by molar-refractivity contribution is 5.75. The van der Waals surface area contributed by atoms with E-state index in [2.05, 4.69) is 13.2 Å². The highest BCUT2D eigenvalue weighted by atomic mass is 16.3. The Morgan fingerprint density at radius 3 is 2.43 bits per heavy atom. The van der Waals surface area contributed by atoms with E-state index in [9.17, 15) is 4.79 Å². The van der Waals surface area contributed by atoms with Gasteiger partial charge in [0.25, 0.3) is 0 Å². The van der Waals surface area contributed by atoms with Gasteiger partial charge >= 0.3 is 0 Å². The molecular weight excluding hydrogens is 176 g/mol. The fraction of sp³-hybridized carbons (Fsp3) is 0.417. The van der Waals surface area contributed by atoms with Crippen molar-refractivity contribution >= 4 is 5.78 Å². The second kappa shape index (κ2) is 6.19. The lowest BCUT2D eigenvalue weighted by Crippen LogP contribution is -2.00. The van der Waals surface area contributed by atoms with Crippen molar-refractivity contribution in [3.63, 3.8) is 0 Å². The highest BCUT2D eigenvalue weighted by Gasteiger charge is 2.05. The monoisotopic (exact) mass is 194 g/mol. The third kappa shape index (κ3) is 6.23. The van der Waals surface area contributed by atoms with Gasteiger partial charge in [-0.3, -0.25) is 0 Å². The molecule has 0 fully saturated rings. The molecule has 1 unspecified atom stereocenters. The summed E-state index contributed by atoms with van der Waals surface area (Å²) in [5, 5.41) is 8.82. The molecule has 78 valence electrons. The third-order valence-electron chi connectivity index (χ3n) is 2.05. The van der Waals surface area contributed by atoms with Crippen molar-refractivity contribution in [3.8, 4) is 0 Å². The number of carbonyl (C=O) groups excluding carboxylic acids is 1. The van der Waals surface area contributed by atoms with Crippen molar-refractivity contribution in [2.45, 2.75) is 26.7 Å². The molecule has 2 nitrogen and oxygen atoms in total. The minimum atomic E-state index is 0.0184. The van der Waals surface area contributed by atoms with Crippen molar-refractivity contribution < 1.29 is 9.90 Å². The van der Waals surface area contributed by atoms with Crippen LogP contribution in [0.15, 0.2) is 36.6 Å². The van der Waals surface area contributed by atoms with Crippen LogP contribution in [0.1, 0.15) is 26.7 Å². The molecule has 0 heterocycles. The van der Waals surface area contributed by atoms with Crippen molar-refractivity contribution in [3.05, 3.63) is 36.6 Å². The Bertz CT molecular complexity index is 261. The van der Waals surface area contributed by atoms with Crippen LogP contribution in [-0.4, -0.2) is 10.9 Å². The van der Waals surface area contributed by atoms with Gasteiger partial charge in [0.15, 0.2) is 0 Å². The Labute approximate surface area is 85.6 Å². The van der Waals surface area contributed by atoms with Gasteiger partial charge in [0.1, 0.15) is 11.5 Å². The summed E-state index contributed by atoms with van der Waals surface area (Å²) in [6, 6.07) is 0. The molecule has 0 spiro atoms. The Morgan fingerprint density at radius 2 is 2.00 bits per heavy atom. The number of allylic oxidation sites excluding steroid dienone is 3. The van der Waals surface area contributed by atoms with E-state index in [0.29, 0.717) is 6.42 Å². The first-order valence-corrected chi connectivity index (χ1v) is 4.67. The molecule has 1 N–H and O–H groups in total. The van der Waals surface area contributed by atoms with Crippen LogP contribution in [0, 0.1) is 5.92 Å². The smallest absolute Gasteiger partial charge is 0.129 e. The summed E-state index contributed by atoms with van der Waals surface area (Å²) < 4.78 is 0. The van der Waals surface area contributed by atoms with Gasteiger partial charge in [-0.15, -0.1) is 0 Å². The molecule has 0 rings (SSSR count). The molecule has 0 aliphatic rings. The van der Waals surface area contributed by atoms with E-state index in [1.807, 2.05) is 6.92 Å². The predicted molar refractivity (Wildman–Crippen MR) is 59.1 cm³/mol. The Balaban J connectivity index is 3.99. The fourth-order valence-electron chi connectivity index (χ4n) is 0.973. The minimum absolute atomic E-state index is 0.0184. The van der Waals surface area contributed by atoms with Crippen molar-refractivity contribution in [2.24, 2.45) is 5.92 Å². The van der Waals surface area contributed by atoms with Crippen molar-refractivity contribution in [1.29, 1.82) is 0 Å². The van der Waals surface area contributed by atoms with Gasteiger partial charge < -0.3 is 9.90 Å². The van der Waals surface area contributed by atoms with E-state index in [4.69, 9.17) is 5.11 Å².